The average molecular weight is 206 g/mol. The maximum atomic E-state index is 11.0. The first-order valence-electron chi connectivity index (χ1n) is 4.59. The minimum Gasteiger partial charge on any atom is -0.306 e. The van der Waals surface area contributed by atoms with Crippen LogP contribution in [-0.2, 0) is 10.0 Å². The second-order valence-electron chi connectivity index (χ2n) is 3.98. The highest BCUT2D eigenvalue weighted by atomic mass is 32.2. The van der Waals surface area contributed by atoms with E-state index in [1.54, 1.807) is 0 Å². The molecule has 0 bridgehead atoms. The van der Waals surface area contributed by atoms with Gasteiger partial charge in [-0.25, -0.2) is 13.6 Å². The zero-order chi connectivity index (χ0) is 10.1. The summed E-state index contributed by atoms with van der Waals surface area (Å²) in [6.07, 6.45) is 3.30. The monoisotopic (exact) mass is 206 g/mol. The van der Waals surface area contributed by atoms with Crippen molar-refractivity contribution in [3.8, 4) is 0 Å². The summed E-state index contributed by atoms with van der Waals surface area (Å²) in [6, 6.07) is 0.526. The van der Waals surface area contributed by atoms with Gasteiger partial charge < -0.3 is 4.90 Å². The normalized spacial score (nSPS) is 30.8. The second-order valence-corrected chi connectivity index (χ2v) is 5.83. The summed E-state index contributed by atoms with van der Waals surface area (Å²) in [7, 11) is 0.766. The highest BCUT2D eigenvalue weighted by Crippen LogP contribution is 2.24. The summed E-state index contributed by atoms with van der Waals surface area (Å²) in [5.74, 6) is 0. The lowest BCUT2D eigenvalue weighted by Gasteiger charge is -2.31. The molecule has 0 aromatic rings. The maximum Gasteiger partial charge on any atom is 0.211 e. The van der Waals surface area contributed by atoms with Gasteiger partial charge in [-0.05, 0) is 39.8 Å². The molecule has 1 saturated carbocycles. The highest BCUT2D eigenvalue weighted by Gasteiger charge is 2.28. The molecule has 5 heteroatoms. The van der Waals surface area contributed by atoms with Crippen LogP contribution in [0.15, 0.2) is 0 Å². The Morgan fingerprint density at radius 1 is 1.15 bits per heavy atom. The van der Waals surface area contributed by atoms with E-state index in [0.29, 0.717) is 18.9 Å². The number of nitrogens with zero attached hydrogens (tertiary/aromatic N) is 1. The van der Waals surface area contributed by atoms with Crippen molar-refractivity contribution < 1.29 is 8.42 Å². The molecule has 2 N–H and O–H groups in total. The van der Waals surface area contributed by atoms with Gasteiger partial charge in [-0.15, -0.1) is 0 Å². The van der Waals surface area contributed by atoms with Crippen LogP contribution in [0.25, 0.3) is 0 Å². The molecule has 0 atom stereocenters. The molecule has 0 amide bonds. The van der Waals surface area contributed by atoms with E-state index in [2.05, 4.69) is 4.90 Å². The smallest absolute Gasteiger partial charge is 0.211 e. The molecule has 1 fully saturated rings. The van der Waals surface area contributed by atoms with E-state index in [0.717, 1.165) is 12.8 Å². The molecule has 0 aromatic heterocycles. The molecule has 4 nitrogen and oxygen atoms in total. The number of primary sulfonamides is 1. The Labute approximate surface area is 80.1 Å². The Morgan fingerprint density at radius 3 is 1.92 bits per heavy atom. The summed E-state index contributed by atoms with van der Waals surface area (Å²) < 4.78 is 22.1. The molecule has 1 aliphatic rings. The molecule has 0 spiro atoms. The minimum absolute atomic E-state index is 0.302. The van der Waals surface area contributed by atoms with Gasteiger partial charge in [0.2, 0.25) is 10.0 Å². The van der Waals surface area contributed by atoms with E-state index in [9.17, 15) is 8.42 Å². The minimum atomic E-state index is -3.29. The molecule has 78 valence electrons. The zero-order valence-electron chi connectivity index (χ0n) is 8.23. The van der Waals surface area contributed by atoms with Crippen LogP contribution in [-0.4, -0.2) is 38.7 Å². The molecule has 0 heterocycles. The van der Waals surface area contributed by atoms with Crippen molar-refractivity contribution >= 4 is 10.0 Å². The maximum absolute atomic E-state index is 11.0. The fraction of sp³-hybridized carbons (Fsp3) is 1.00. The Kier molecular flexibility index (Phi) is 3.32. The van der Waals surface area contributed by atoms with Crippen molar-refractivity contribution in [3.05, 3.63) is 0 Å². The van der Waals surface area contributed by atoms with E-state index < -0.39 is 10.0 Å². The number of hydrogen-bond acceptors (Lipinski definition) is 3. The van der Waals surface area contributed by atoms with E-state index in [1.165, 1.54) is 0 Å². The van der Waals surface area contributed by atoms with E-state index >= 15 is 0 Å². The van der Waals surface area contributed by atoms with Gasteiger partial charge in [0.15, 0.2) is 0 Å². The first kappa shape index (κ1) is 10.9. The van der Waals surface area contributed by atoms with Crippen LogP contribution in [0.5, 0.6) is 0 Å². The molecule has 0 unspecified atom stereocenters. The highest BCUT2D eigenvalue weighted by molar-refractivity contribution is 7.89. The average Bonchev–Trinajstić information content (AvgIpc) is 2.03. The molecule has 0 saturated heterocycles. The van der Waals surface area contributed by atoms with Crippen molar-refractivity contribution in [2.45, 2.75) is 37.0 Å². The molecule has 13 heavy (non-hydrogen) atoms. The number of nitrogens with two attached hydrogens (primary N) is 1. The fourth-order valence-corrected chi connectivity index (χ4v) is 2.82. The summed E-state index contributed by atoms with van der Waals surface area (Å²) in [5.41, 5.74) is 0. The number of hydrogen-bond donors (Lipinski definition) is 1. The Bertz CT molecular complexity index is 253. The standard InChI is InChI=1S/C8H18N2O2S/c1-10(2)7-3-5-8(6-4-7)13(9,11)12/h7-8H,3-6H2,1-2H3,(H2,9,11,12). The van der Waals surface area contributed by atoms with E-state index in [-0.39, 0.29) is 5.25 Å². The molecule has 0 aromatic carbocycles. The third-order valence-electron chi connectivity index (χ3n) is 2.84. The molecule has 1 rings (SSSR count). The van der Waals surface area contributed by atoms with Crippen LogP contribution in [0.3, 0.4) is 0 Å². The number of rotatable bonds is 2. The van der Waals surface area contributed by atoms with Gasteiger partial charge in [0, 0.05) is 6.04 Å². The van der Waals surface area contributed by atoms with Gasteiger partial charge in [-0.1, -0.05) is 0 Å². The van der Waals surface area contributed by atoms with Gasteiger partial charge in [0.1, 0.15) is 0 Å². The van der Waals surface area contributed by atoms with Crippen molar-refractivity contribution in [2.24, 2.45) is 5.14 Å². The largest absolute Gasteiger partial charge is 0.306 e. The number of sulfonamides is 1. The van der Waals surface area contributed by atoms with Crippen molar-refractivity contribution in [1.82, 2.24) is 4.90 Å². The summed E-state index contributed by atoms with van der Waals surface area (Å²) in [6.45, 7) is 0. The molecular weight excluding hydrogens is 188 g/mol. The van der Waals surface area contributed by atoms with Crippen LogP contribution in [0.2, 0.25) is 0 Å². The Morgan fingerprint density at radius 2 is 1.62 bits per heavy atom. The summed E-state index contributed by atoms with van der Waals surface area (Å²) in [5, 5.41) is 4.79. The molecule has 1 aliphatic carbocycles. The lowest BCUT2D eigenvalue weighted by Crippen LogP contribution is -2.38. The predicted molar refractivity (Wildman–Crippen MR) is 52.8 cm³/mol. The molecule has 0 aliphatic heterocycles. The lowest BCUT2D eigenvalue weighted by atomic mass is 9.94. The third-order valence-corrected chi connectivity index (χ3v) is 4.24. The van der Waals surface area contributed by atoms with E-state index in [1.807, 2.05) is 14.1 Å². The SMILES string of the molecule is CN(C)C1CCC(S(N)(=O)=O)CC1. The van der Waals surface area contributed by atoms with Crippen LogP contribution < -0.4 is 5.14 Å². The van der Waals surface area contributed by atoms with Gasteiger partial charge >= 0.3 is 0 Å². The second kappa shape index (κ2) is 3.94. The summed E-state index contributed by atoms with van der Waals surface area (Å²) >= 11 is 0. The predicted octanol–water partition coefficient (Wildman–Crippen LogP) is 0.148. The zero-order valence-corrected chi connectivity index (χ0v) is 9.05. The topological polar surface area (TPSA) is 63.4 Å². The molecular formula is C8H18N2O2S. The van der Waals surface area contributed by atoms with Crippen molar-refractivity contribution in [1.29, 1.82) is 0 Å². The van der Waals surface area contributed by atoms with Gasteiger partial charge in [-0.2, -0.15) is 0 Å². The van der Waals surface area contributed by atoms with Crippen LogP contribution in [0.4, 0.5) is 0 Å². The third kappa shape index (κ3) is 2.93. The van der Waals surface area contributed by atoms with Crippen LogP contribution in [0.1, 0.15) is 25.7 Å². The fourth-order valence-electron chi connectivity index (χ4n) is 1.89. The molecule has 0 radical (unpaired) electrons. The van der Waals surface area contributed by atoms with Crippen LogP contribution in [0, 0.1) is 0 Å². The lowest BCUT2D eigenvalue weighted by molar-refractivity contribution is 0.230. The Hall–Kier alpha value is -0.130. The van der Waals surface area contributed by atoms with Crippen molar-refractivity contribution in [2.75, 3.05) is 14.1 Å². The summed E-state index contributed by atoms with van der Waals surface area (Å²) in [4.78, 5) is 2.15. The van der Waals surface area contributed by atoms with E-state index in [4.69, 9.17) is 5.14 Å². The first-order valence-corrected chi connectivity index (χ1v) is 6.20. The van der Waals surface area contributed by atoms with Gasteiger partial charge in [0.05, 0.1) is 5.25 Å². The quantitative estimate of drug-likeness (QED) is 0.699. The van der Waals surface area contributed by atoms with Crippen molar-refractivity contribution in [3.63, 3.8) is 0 Å². The van der Waals surface area contributed by atoms with Gasteiger partial charge in [0.25, 0.3) is 0 Å². The van der Waals surface area contributed by atoms with Crippen LogP contribution >= 0.6 is 0 Å². The first-order chi connectivity index (χ1) is 5.91. The Balaban J connectivity index is 2.49. The van der Waals surface area contributed by atoms with Gasteiger partial charge in [-0.3, -0.25) is 0 Å².